The smallest absolute Gasteiger partial charge is 0.258 e. The summed E-state index contributed by atoms with van der Waals surface area (Å²) in [4.78, 5) is 12.0. The van der Waals surface area contributed by atoms with E-state index >= 15 is 0 Å². The fourth-order valence-electron chi connectivity index (χ4n) is 2.75. The first-order chi connectivity index (χ1) is 13.2. The van der Waals surface area contributed by atoms with Crippen molar-refractivity contribution in [2.45, 2.75) is 32.0 Å². The molecule has 3 N–H and O–H groups in total. The summed E-state index contributed by atoms with van der Waals surface area (Å²) in [6.07, 6.45) is 2.30. The Morgan fingerprint density at radius 3 is 2.74 bits per heavy atom. The molecule has 2 aromatic rings. The number of ether oxygens (including phenoxy) is 2. The van der Waals surface area contributed by atoms with E-state index in [-0.39, 0.29) is 18.0 Å². The van der Waals surface area contributed by atoms with E-state index in [9.17, 15) is 4.79 Å². The zero-order valence-corrected chi connectivity index (χ0v) is 15.4. The molecule has 27 heavy (non-hydrogen) atoms. The van der Waals surface area contributed by atoms with E-state index in [1.165, 1.54) is 0 Å². The molecule has 142 valence electrons. The predicted octanol–water partition coefficient (Wildman–Crippen LogP) is 1.98. The lowest BCUT2D eigenvalue weighted by Crippen LogP contribution is -2.41. The molecule has 0 bridgehead atoms. The van der Waals surface area contributed by atoms with Gasteiger partial charge in [-0.15, -0.1) is 0 Å². The fraction of sp³-hybridized carbons (Fsp3) is 0.300. The molecule has 1 amide bonds. The van der Waals surface area contributed by atoms with Crippen LogP contribution in [0.15, 0.2) is 53.6 Å². The first-order valence-corrected chi connectivity index (χ1v) is 8.84. The fourth-order valence-corrected chi connectivity index (χ4v) is 2.75. The van der Waals surface area contributed by atoms with Crippen LogP contribution in [0.1, 0.15) is 24.5 Å². The van der Waals surface area contributed by atoms with Gasteiger partial charge in [-0.25, -0.2) is 10.9 Å². The van der Waals surface area contributed by atoms with Gasteiger partial charge in [0.1, 0.15) is 12.6 Å². The predicted molar refractivity (Wildman–Crippen MR) is 104 cm³/mol. The highest BCUT2D eigenvalue weighted by Gasteiger charge is 2.26. The van der Waals surface area contributed by atoms with Crippen molar-refractivity contribution >= 4 is 12.1 Å². The zero-order valence-electron chi connectivity index (χ0n) is 15.4. The molecule has 0 saturated carbocycles. The second-order valence-corrected chi connectivity index (χ2v) is 6.40. The molecule has 1 heterocycles. The van der Waals surface area contributed by atoms with Crippen molar-refractivity contribution in [2.24, 2.45) is 5.10 Å². The molecule has 2 unspecified atom stereocenters. The Balaban J connectivity index is 1.57. The summed E-state index contributed by atoms with van der Waals surface area (Å²) in [5.41, 5.74) is 10.4. The van der Waals surface area contributed by atoms with E-state index in [4.69, 9.17) is 9.47 Å². The van der Waals surface area contributed by atoms with Gasteiger partial charge in [0.2, 0.25) is 0 Å². The van der Waals surface area contributed by atoms with Crippen molar-refractivity contribution in [1.29, 1.82) is 0 Å². The van der Waals surface area contributed by atoms with Crippen LogP contribution in [-0.2, 0) is 11.4 Å². The first-order valence-electron chi connectivity index (χ1n) is 8.84. The summed E-state index contributed by atoms with van der Waals surface area (Å²) in [5.74, 6) is 1.09. The summed E-state index contributed by atoms with van der Waals surface area (Å²) in [5, 5.41) is 4.02. The average Bonchev–Trinajstić information content (AvgIpc) is 3.14. The number of methoxy groups -OCH3 is 1. The van der Waals surface area contributed by atoms with E-state index in [1.807, 2.05) is 55.5 Å². The van der Waals surface area contributed by atoms with Crippen LogP contribution in [0.5, 0.6) is 11.5 Å². The van der Waals surface area contributed by atoms with Gasteiger partial charge in [0, 0.05) is 6.04 Å². The van der Waals surface area contributed by atoms with Gasteiger partial charge in [-0.05, 0) is 42.7 Å². The van der Waals surface area contributed by atoms with Crippen molar-refractivity contribution in [3.8, 4) is 11.5 Å². The minimum Gasteiger partial charge on any atom is -0.493 e. The Labute approximate surface area is 158 Å². The number of nitrogens with zero attached hydrogens (tertiary/aromatic N) is 1. The summed E-state index contributed by atoms with van der Waals surface area (Å²) >= 11 is 0. The van der Waals surface area contributed by atoms with Gasteiger partial charge < -0.3 is 9.47 Å². The largest absolute Gasteiger partial charge is 0.493 e. The molecule has 1 saturated heterocycles. The Morgan fingerprint density at radius 1 is 1.22 bits per heavy atom. The SMILES string of the molecule is COc1cc(/C=N/NC(=O)C2CC(C)NN2)ccc1OCc1ccccc1. The van der Waals surface area contributed by atoms with Crippen molar-refractivity contribution in [3.63, 3.8) is 0 Å². The molecular formula is C20H24N4O3. The van der Waals surface area contributed by atoms with Crippen LogP contribution in [0, 0.1) is 0 Å². The molecule has 1 aliphatic rings. The average molecular weight is 368 g/mol. The highest BCUT2D eigenvalue weighted by Crippen LogP contribution is 2.28. The summed E-state index contributed by atoms with van der Waals surface area (Å²) in [6.45, 7) is 2.47. The lowest BCUT2D eigenvalue weighted by molar-refractivity contribution is -0.122. The summed E-state index contributed by atoms with van der Waals surface area (Å²) in [6, 6.07) is 15.4. The van der Waals surface area contributed by atoms with E-state index in [0.717, 1.165) is 17.5 Å². The maximum absolute atomic E-state index is 12.0. The monoisotopic (exact) mass is 368 g/mol. The maximum atomic E-state index is 12.0. The van der Waals surface area contributed by atoms with Crippen LogP contribution >= 0.6 is 0 Å². The number of rotatable bonds is 7. The molecule has 2 atom stereocenters. The van der Waals surface area contributed by atoms with Gasteiger partial charge in [-0.2, -0.15) is 5.10 Å². The number of hydrazone groups is 1. The Bertz CT molecular complexity index is 795. The van der Waals surface area contributed by atoms with E-state index < -0.39 is 0 Å². The summed E-state index contributed by atoms with van der Waals surface area (Å²) in [7, 11) is 1.59. The van der Waals surface area contributed by atoms with Crippen molar-refractivity contribution in [3.05, 3.63) is 59.7 Å². The molecule has 3 rings (SSSR count). The van der Waals surface area contributed by atoms with Crippen LogP contribution < -0.4 is 25.8 Å². The highest BCUT2D eigenvalue weighted by molar-refractivity contribution is 5.85. The number of hydrazine groups is 1. The Hall–Kier alpha value is -2.90. The van der Waals surface area contributed by atoms with Crippen LogP contribution in [0.4, 0.5) is 0 Å². The summed E-state index contributed by atoms with van der Waals surface area (Å²) < 4.78 is 11.2. The number of hydrogen-bond acceptors (Lipinski definition) is 6. The third-order valence-electron chi connectivity index (χ3n) is 4.22. The standard InChI is InChI=1S/C20H24N4O3/c1-14-10-17(23-22-14)20(25)24-21-12-16-8-9-18(19(11-16)26-2)27-13-15-6-4-3-5-7-15/h3-9,11-12,14,17,22-23H,10,13H2,1-2H3,(H,24,25)/b21-12+. The van der Waals surface area contributed by atoms with Crippen molar-refractivity contribution < 1.29 is 14.3 Å². The van der Waals surface area contributed by atoms with E-state index in [1.54, 1.807) is 13.3 Å². The quantitative estimate of drug-likeness (QED) is 0.514. The third kappa shape index (κ3) is 5.29. The number of hydrogen-bond donors (Lipinski definition) is 3. The molecule has 0 radical (unpaired) electrons. The molecule has 1 fully saturated rings. The molecule has 1 aliphatic heterocycles. The van der Waals surface area contributed by atoms with Crippen LogP contribution in [-0.4, -0.2) is 31.3 Å². The maximum Gasteiger partial charge on any atom is 0.258 e. The van der Waals surface area contributed by atoms with Crippen LogP contribution in [0.2, 0.25) is 0 Å². The van der Waals surface area contributed by atoms with Gasteiger partial charge in [-0.3, -0.25) is 10.2 Å². The van der Waals surface area contributed by atoms with Gasteiger partial charge in [0.25, 0.3) is 5.91 Å². The number of carbonyl (C=O) groups is 1. The Morgan fingerprint density at radius 2 is 2.04 bits per heavy atom. The molecule has 2 aromatic carbocycles. The third-order valence-corrected chi connectivity index (χ3v) is 4.22. The molecule has 0 aliphatic carbocycles. The minimum absolute atomic E-state index is 0.169. The highest BCUT2D eigenvalue weighted by atomic mass is 16.5. The van der Waals surface area contributed by atoms with Crippen LogP contribution in [0.3, 0.4) is 0 Å². The second-order valence-electron chi connectivity index (χ2n) is 6.40. The molecule has 7 heteroatoms. The molecule has 0 spiro atoms. The lowest BCUT2D eigenvalue weighted by Gasteiger charge is -2.11. The second kappa shape index (κ2) is 9.16. The number of amides is 1. The minimum atomic E-state index is -0.277. The first kappa shape index (κ1) is 18.9. The molecule has 7 nitrogen and oxygen atoms in total. The Kier molecular flexibility index (Phi) is 6.40. The molecule has 0 aromatic heterocycles. The number of carbonyl (C=O) groups excluding carboxylic acids is 1. The van der Waals surface area contributed by atoms with Crippen molar-refractivity contribution in [2.75, 3.05) is 7.11 Å². The van der Waals surface area contributed by atoms with Crippen LogP contribution in [0.25, 0.3) is 0 Å². The lowest BCUT2D eigenvalue weighted by atomic mass is 10.1. The number of benzene rings is 2. The molecular weight excluding hydrogens is 344 g/mol. The van der Waals surface area contributed by atoms with Gasteiger partial charge in [0.05, 0.1) is 13.3 Å². The van der Waals surface area contributed by atoms with E-state index in [0.29, 0.717) is 18.1 Å². The van der Waals surface area contributed by atoms with Gasteiger partial charge in [0.15, 0.2) is 11.5 Å². The normalized spacial score (nSPS) is 19.2. The van der Waals surface area contributed by atoms with Gasteiger partial charge in [-0.1, -0.05) is 30.3 Å². The van der Waals surface area contributed by atoms with E-state index in [2.05, 4.69) is 21.4 Å². The van der Waals surface area contributed by atoms with Crippen molar-refractivity contribution in [1.82, 2.24) is 16.3 Å². The zero-order chi connectivity index (χ0) is 19.1. The van der Waals surface area contributed by atoms with Gasteiger partial charge >= 0.3 is 0 Å². The topological polar surface area (TPSA) is 84.0 Å². The number of nitrogens with one attached hydrogen (secondary N) is 3.